The monoisotopic (exact) mass is 353 g/mol. The number of carbonyl (C=O) groups is 1. The molecule has 0 radical (unpaired) electrons. The molecule has 1 heterocycles. The Bertz CT molecular complexity index is 857. The second kappa shape index (κ2) is 6.23. The van der Waals surface area contributed by atoms with Crippen LogP contribution in [0.3, 0.4) is 0 Å². The summed E-state index contributed by atoms with van der Waals surface area (Å²) >= 11 is 6.06. The van der Waals surface area contributed by atoms with Crippen LogP contribution in [0.1, 0.15) is 45.4 Å². The molecule has 0 aromatic heterocycles. The Morgan fingerprint density at radius 3 is 2.68 bits per heavy atom. The SMILES string of the molecule is COC(=O)c1ccc(C)c2c1C1C=CCC1[C@@H](c1ccc(Cl)cc1)N2. The fraction of sp³-hybridized carbons (Fsp3) is 0.286. The van der Waals surface area contributed by atoms with Gasteiger partial charge >= 0.3 is 5.97 Å². The minimum Gasteiger partial charge on any atom is -0.465 e. The van der Waals surface area contributed by atoms with Gasteiger partial charge in [-0.1, -0.05) is 42.0 Å². The van der Waals surface area contributed by atoms with Crippen molar-refractivity contribution in [2.75, 3.05) is 12.4 Å². The number of hydrogen-bond donors (Lipinski definition) is 1. The molecule has 128 valence electrons. The van der Waals surface area contributed by atoms with Gasteiger partial charge in [-0.15, -0.1) is 0 Å². The third kappa shape index (κ3) is 2.63. The number of ether oxygens (including phenoxy) is 1. The molecule has 0 spiro atoms. The zero-order valence-electron chi connectivity index (χ0n) is 14.3. The van der Waals surface area contributed by atoms with E-state index in [1.54, 1.807) is 0 Å². The number of anilines is 1. The summed E-state index contributed by atoms with van der Waals surface area (Å²) in [4.78, 5) is 12.3. The van der Waals surface area contributed by atoms with Gasteiger partial charge in [0.05, 0.1) is 18.7 Å². The largest absolute Gasteiger partial charge is 0.465 e. The molecule has 1 aliphatic heterocycles. The van der Waals surface area contributed by atoms with Gasteiger partial charge in [0.15, 0.2) is 0 Å². The fourth-order valence-corrected chi connectivity index (χ4v) is 4.27. The molecule has 3 nitrogen and oxygen atoms in total. The van der Waals surface area contributed by atoms with Gasteiger partial charge in [-0.25, -0.2) is 4.79 Å². The van der Waals surface area contributed by atoms with Crippen molar-refractivity contribution in [3.8, 4) is 0 Å². The average Bonchev–Trinajstić information content (AvgIpc) is 3.11. The van der Waals surface area contributed by atoms with E-state index >= 15 is 0 Å². The summed E-state index contributed by atoms with van der Waals surface area (Å²) in [7, 11) is 1.43. The number of carbonyl (C=O) groups excluding carboxylic acids is 1. The topological polar surface area (TPSA) is 38.3 Å². The lowest BCUT2D eigenvalue weighted by atomic mass is 9.75. The first-order valence-corrected chi connectivity index (χ1v) is 8.88. The summed E-state index contributed by atoms with van der Waals surface area (Å²) in [5.41, 5.74) is 5.13. The lowest BCUT2D eigenvalue weighted by Crippen LogP contribution is -2.31. The first kappa shape index (κ1) is 16.2. The molecule has 0 saturated heterocycles. The third-order valence-electron chi connectivity index (χ3n) is 5.36. The number of rotatable bonds is 2. The number of nitrogens with one attached hydrogen (secondary N) is 1. The summed E-state index contributed by atoms with van der Waals surface area (Å²) in [5, 5.41) is 4.44. The maximum atomic E-state index is 12.3. The molecule has 3 atom stereocenters. The van der Waals surface area contributed by atoms with Crippen LogP contribution in [0.2, 0.25) is 5.02 Å². The highest BCUT2D eigenvalue weighted by Gasteiger charge is 2.40. The molecule has 2 aromatic carbocycles. The van der Waals surface area contributed by atoms with Crippen molar-refractivity contribution >= 4 is 23.3 Å². The van der Waals surface area contributed by atoms with Crippen molar-refractivity contribution in [3.63, 3.8) is 0 Å². The lowest BCUT2D eigenvalue weighted by Gasteiger charge is -2.39. The number of halogens is 1. The summed E-state index contributed by atoms with van der Waals surface area (Å²) in [5.74, 6) is 0.312. The van der Waals surface area contributed by atoms with Crippen molar-refractivity contribution in [2.45, 2.75) is 25.3 Å². The maximum Gasteiger partial charge on any atom is 0.338 e. The Balaban J connectivity index is 1.85. The number of methoxy groups -OCH3 is 1. The Kier molecular flexibility index (Phi) is 4.04. The van der Waals surface area contributed by atoms with E-state index in [-0.39, 0.29) is 17.9 Å². The zero-order valence-corrected chi connectivity index (χ0v) is 15.0. The van der Waals surface area contributed by atoms with E-state index in [0.717, 1.165) is 28.3 Å². The minimum atomic E-state index is -0.276. The van der Waals surface area contributed by atoms with Gasteiger partial charge in [-0.3, -0.25) is 0 Å². The van der Waals surface area contributed by atoms with Crippen molar-refractivity contribution in [1.29, 1.82) is 0 Å². The zero-order chi connectivity index (χ0) is 17.6. The molecule has 1 aliphatic carbocycles. The summed E-state index contributed by atoms with van der Waals surface area (Å²) < 4.78 is 5.01. The highest BCUT2D eigenvalue weighted by molar-refractivity contribution is 6.30. The first-order valence-electron chi connectivity index (χ1n) is 8.50. The fourth-order valence-electron chi connectivity index (χ4n) is 4.14. The van der Waals surface area contributed by atoms with Crippen molar-refractivity contribution in [2.24, 2.45) is 5.92 Å². The molecular formula is C21H20ClNO2. The second-order valence-corrected chi connectivity index (χ2v) is 7.17. The molecular weight excluding hydrogens is 334 g/mol. The Morgan fingerprint density at radius 2 is 1.96 bits per heavy atom. The van der Waals surface area contributed by atoms with E-state index in [1.165, 1.54) is 12.7 Å². The van der Waals surface area contributed by atoms with Gasteiger partial charge in [0.1, 0.15) is 0 Å². The molecule has 4 heteroatoms. The molecule has 2 aliphatic rings. The van der Waals surface area contributed by atoms with E-state index in [1.807, 2.05) is 24.3 Å². The van der Waals surface area contributed by atoms with Crippen LogP contribution in [-0.2, 0) is 4.74 Å². The first-order chi connectivity index (χ1) is 12.1. The summed E-state index contributed by atoms with van der Waals surface area (Å²) in [6, 6.07) is 12.1. The molecule has 0 saturated carbocycles. The van der Waals surface area contributed by atoms with Gasteiger partial charge in [0.25, 0.3) is 0 Å². The Labute approximate surface area is 152 Å². The van der Waals surface area contributed by atoms with E-state index < -0.39 is 0 Å². The Morgan fingerprint density at radius 1 is 1.20 bits per heavy atom. The molecule has 0 bridgehead atoms. The van der Waals surface area contributed by atoms with E-state index in [4.69, 9.17) is 16.3 Å². The third-order valence-corrected chi connectivity index (χ3v) is 5.61. The quantitative estimate of drug-likeness (QED) is 0.591. The second-order valence-electron chi connectivity index (χ2n) is 6.74. The van der Waals surface area contributed by atoms with Crippen LogP contribution in [0, 0.1) is 12.8 Å². The number of hydrogen-bond acceptors (Lipinski definition) is 3. The number of benzene rings is 2. The summed E-state index contributed by atoms with van der Waals surface area (Å²) in [6.07, 6.45) is 5.44. The molecule has 1 N–H and O–H groups in total. The van der Waals surface area contributed by atoms with E-state index in [2.05, 4.69) is 36.5 Å². The van der Waals surface area contributed by atoms with Gasteiger partial charge in [0, 0.05) is 16.6 Å². The molecule has 2 aromatic rings. The van der Waals surface area contributed by atoms with Crippen LogP contribution in [0.5, 0.6) is 0 Å². The van der Waals surface area contributed by atoms with Crippen LogP contribution in [0.25, 0.3) is 0 Å². The van der Waals surface area contributed by atoms with Crippen LogP contribution >= 0.6 is 11.6 Å². The molecule has 4 rings (SSSR count). The van der Waals surface area contributed by atoms with Gasteiger partial charge in [-0.05, 0) is 54.2 Å². The molecule has 0 fully saturated rings. The van der Waals surface area contributed by atoms with Crippen molar-refractivity contribution < 1.29 is 9.53 Å². The average molecular weight is 354 g/mol. The van der Waals surface area contributed by atoms with Gasteiger partial charge < -0.3 is 10.1 Å². The van der Waals surface area contributed by atoms with Crippen LogP contribution in [0.4, 0.5) is 5.69 Å². The predicted octanol–water partition coefficient (Wildman–Crippen LogP) is 5.26. The number of fused-ring (bicyclic) bond motifs is 3. The van der Waals surface area contributed by atoms with Crippen LogP contribution in [-0.4, -0.2) is 13.1 Å². The van der Waals surface area contributed by atoms with Crippen LogP contribution < -0.4 is 5.32 Å². The number of aryl methyl sites for hydroxylation is 1. The minimum absolute atomic E-state index is 0.191. The van der Waals surface area contributed by atoms with Gasteiger partial charge in [-0.2, -0.15) is 0 Å². The van der Waals surface area contributed by atoms with Gasteiger partial charge in [0.2, 0.25) is 0 Å². The molecule has 2 unspecified atom stereocenters. The smallest absolute Gasteiger partial charge is 0.338 e. The lowest BCUT2D eigenvalue weighted by molar-refractivity contribution is 0.0598. The van der Waals surface area contributed by atoms with Crippen molar-refractivity contribution in [1.82, 2.24) is 0 Å². The molecule has 25 heavy (non-hydrogen) atoms. The highest BCUT2D eigenvalue weighted by atomic mass is 35.5. The van der Waals surface area contributed by atoms with Crippen molar-refractivity contribution in [3.05, 3.63) is 75.8 Å². The maximum absolute atomic E-state index is 12.3. The summed E-state index contributed by atoms with van der Waals surface area (Å²) in [6.45, 7) is 2.07. The van der Waals surface area contributed by atoms with E-state index in [9.17, 15) is 4.79 Å². The number of esters is 1. The molecule has 0 amide bonds. The Hall–Kier alpha value is -2.26. The highest BCUT2D eigenvalue weighted by Crippen LogP contribution is 2.51. The normalized spacial score (nSPS) is 23.6. The van der Waals surface area contributed by atoms with E-state index in [0.29, 0.717) is 11.5 Å². The number of allylic oxidation sites excluding steroid dienone is 2. The standard InChI is InChI=1S/C21H20ClNO2/c1-12-6-11-17(21(24)25-2)18-15-4-3-5-16(15)20(23-19(12)18)13-7-9-14(22)10-8-13/h3-4,6-11,15-16,20,23H,5H2,1-2H3/t15?,16?,20-/m1/s1. The van der Waals surface area contributed by atoms with Crippen LogP contribution in [0.15, 0.2) is 48.6 Å². The predicted molar refractivity (Wildman–Crippen MR) is 100 cm³/mol.